The Kier molecular flexibility index (Phi) is 3.26. The second kappa shape index (κ2) is 4.52. The molecule has 0 heterocycles. The summed E-state index contributed by atoms with van der Waals surface area (Å²) < 4.78 is 18.5. The van der Waals surface area contributed by atoms with E-state index in [1.54, 1.807) is 19.2 Å². The van der Waals surface area contributed by atoms with Crippen LogP contribution in [0, 0.1) is 5.82 Å². The maximum Gasteiger partial charge on any atom is 0.123 e. The van der Waals surface area contributed by atoms with Gasteiger partial charge in [0.25, 0.3) is 0 Å². The Morgan fingerprint density at radius 2 is 1.81 bits per heavy atom. The molecule has 0 aromatic heterocycles. The Morgan fingerprint density at radius 3 is 2.31 bits per heavy atom. The summed E-state index contributed by atoms with van der Waals surface area (Å²) in [5.74, 6) is -0.231. The van der Waals surface area contributed by atoms with Crippen LogP contribution in [0.3, 0.4) is 0 Å². The Balaban J connectivity index is 2.24. The minimum Gasteiger partial charge on any atom is -0.393 e. The van der Waals surface area contributed by atoms with E-state index in [4.69, 9.17) is 4.74 Å². The van der Waals surface area contributed by atoms with Crippen LogP contribution in [0.5, 0.6) is 0 Å². The van der Waals surface area contributed by atoms with Crippen molar-refractivity contribution >= 4 is 0 Å². The third-order valence-corrected chi connectivity index (χ3v) is 3.52. The van der Waals surface area contributed by atoms with E-state index in [0.29, 0.717) is 0 Å². The summed E-state index contributed by atoms with van der Waals surface area (Å²) in [4.78, 5) is 0. The molecule has 1 N–H and O–H groups in total. The quantitative estimate of drug-likeness (QED) is 0.836. The van der Waals surface area contributed by atoms with E-state index in [9.17, 15) is 9.50 Å². The van der Waals surface area contributed by atoms with Gasteiger partial charge in [-0.25, -0.2) is 4.39 Å². The fourth-order valence-corrected chi connectivity index (χ4v) is 2.43. The summed E-state index contributed by atoms with van der Waals surface area (Å²) in [5.41, 5.74) is 0.663. The summed E-state index contributed by atoms with van der Waals surface area (Å²) in [6, 6.07) is 6.47. The van der Waals surface area contributed by atoms with Gasteiger partial charge in [-0.2, -0.15) is 0 Å². The maximum atomic E-state index is 12.9. The van der Waals surface area contributed by atoms with Crippen molar-refractivity contribution in [3.63, 3.8) is 0 Å². The average molecular weight is 224 g/mol. The van der Waals surface area contributed by atoms with Gasteiger partial charge in [-0.3, -0.25) is 0 Å². The highest BCUT2D eigenvalue weighted by Gasteiger charge is 2.36. The van der Waals surface area contributed by atoms with Crippen LogP contribution >= 0.6 is 0 Å². The van der Waals surface area contributed by atoms with Crippen LogP contribution < -0.4 is 0 Å². The van der Waals surface area contributed by atoms with Gasteiger partial charge in [0.05, 0.1) is 11.7 Å². The Labute approximate surface area is 95.1 Å². The molecule has 1 aromatic rings. The van der Waals surface area contributed by atoms with Gasteiger partial charge in [-0.15, -0.1) is 0 Å². The number of hydrogen-bond acceptors (Lipinski definition) is 2. The van der Waals surface area contributed by atoms with Crippen LogP contribution in [0.1, 0.15) is 31.2 Å². The van der Waals surface area contributed by atoms with Crippen LogP contribution in [0.25, 0.3) is 0 Å². The molecular formula is C13H17FO2. The second-order valence-corrected chi connectivity index (χ2v) is 4.44. The molecule has 88 valence electrons. The van der Waals surface area contributed by atoms with Gasteiger partial charge in [0.15, 0.2) is 0 Å². The van der Waals surface area contributed by atoms with Crippen molar-refractivity contribution in [2.45, 2.75) is 37.4 Å². The highest BCUT2D eigenvalue weighted by molar-refractivity contribution is 5.24. The van der Waals surface area contributed by atoms with Crippen molar-refractivity contribution in [3.05, 3.63) is 35.6 Å². The first kappa shape index (κ1) is 11.6. The molecule has 3 heteroatoms. The van der Waals surface area contributed by atoms with Crippen molar-refractivity contribution < 1.29 is 14.2 Å². The van der Waals surface area contributed by atoms with Gasteiger partial charge in [0.1, 0.15) is 5.82 Å². The summed E-state index contributed by atoms with van der Waals surface area (Å²) in [6.07, 6.45) is 2.84. The van der Waals surface area contributed by atoms with E-state index >= 15 is 0 Å². The molecule has 0 radical (unpaired) electrons. The first-order chi connectivity index (χ1) is 7.66. The number of aliphatic hydroxyl groups is 1. The van der Waals surface area contributed by atoms with Crippen LogP contribution in [0.2, 0.25) is 0 Å². The van der Waals surface area contributed by atoms with E-state index in [2.05, 4.69) is 0 Å². The predicted octanol–water partition coefficient (Wildman–Crippen LogP) is 2.60. The molecule has 0 amide bonds. The van der Waals surface area contributed by atoms with Gasteiger partial charge >= 0.3 is 0 Å². The molecule has 2 rings (SSSR count). The summed E-state index contributed by atoms with van der Waals surface area (Å²) in [5, 5.41) is 9.51. The Morgan fingerprint density at radius 1 is 1.25 bits per heavy atom. The van der Waals surface area contributed by atoms with Crippen LogP contribution in [0.4, 0.5) is 4.39 Å². The predicted molar refractivity (Wildman–Crippen MR) is 59.6 cm³/mol. The fourth-order valence-electron chi connectivity index (χ4n) is 2.43. The number of halogens is 1. The Bertz CT molecular complexity index is 339. The molecule has 0 saturated heterocycles. The second-order valence-electron chi connectivity index (χ2n) is 4.44. The van der Waals surface area contributed by atoms with Gasteiger partial charge in [-0.1, -0.05) is 12.1 Å². The first-order valence-electron chi connectivity index (χ1n) is 5.65. The topological polar surface area (TPSA) is 29.5 Å². The number of benzene rings is 1. The lowest BCUT2D eigenvalue weighted by Crippen LogP contribution is -2.35. The lowest BCUT2D eigenvalue weighted by Gasteiger charge is -2.38. The molecule has 1 aromatic carbocycles. The summed E-state index contributed by atoms with van der Waals surface area (Å²) in [6.45, 7) is 0. The minimum atomic E-state index is -0.340. The van der Waals surface area contributed by atoms with Gasteiger partial charge in [0, 0.05) is 7.11 Å². The molecule has 16 heavy (non-hydrogen) atoms. The molecule has 0 atom stereocenters. The highest BCUT2D eigenvalue weighted by Crippen LogP contribution is 2.39. The van der Waals surface area contributed by atoms with Crippen molar-refractivity contribution in [2.24, 2.45) is 0 Å². The number of methoxy groups -OCH3 is 1. The van der Waals surface area contributed by atoms with Crippen molar-refractivity contribution in [1.29, 1.82) is 0 Å². The number of hydrogen-bond donors (Lipinski definition) is 1. The van der Waals surface area contributed by atoms with Crippen molar-refractivity contribution in [1.82, 2.24) is 0 Å². The van der Waals surface area contributed by atoms with Crippen LogP contribution in [0.15, 0.2) is 24.3 Å². The molecule has 1 fully saturated rings. The summed E-state index contributed by atoms with van der Waals surface area (Å²) >= 11 is 0. The highest BCUT2D eigenvalue weighted by atomic mass is 19.1. The number of ether oxygens (including phenoxy) is 1. The fraction of sp³-hybridized carbons (Fsp3) is 0.538. The normalized spacial score (nSPS) is 30.3. The molecular weight excluding hydrogens is 207 g/mol. The van der Waals surface area contributed by atoms with Crippen molar-refractivity contribution in [3.8, 4) is 0 Å². The lowest BCUT2D eigenvalue weighted by molar-refractivity contribution is -0.0690. The van der Waals surface area contributed by atoms with Crippen LogP contribution in [-0.4, -0.2) is 18.3 Å². The van der Waals surface area contributed by atoms with Gasteiger partial charge in [0.2, 0.25) is 0 Å². The van der Waals surface area contributed by atoms with E-state index < -0.39 is 0 Å². The first-order valence-corrected chi connectivity index (χ1v) is 5.65. The monoisotopic (exact) mass is 224 g/mol. The standard InChI is InChI=1S/C13H17FO2/c1-16-13(8-6-12(15)7-9-13)10-2-4-11(14)5-3-10/h2-5,12,15H,6-9H2,1H3/t12-,13+. The molecule has 0 unspecified atom stereocenters. The zero-order valence-electron chi connectivity index (χ0n) is 9.45. The average Bonchev–Trinajstić information content (AvgIpc) is 2.32. The SMILES string of the molecule is CO[C@]1(c2ccc(F)cc2)CC[C@H](O)CC1. The maximum absolute atomic E-state index is 12.9. The molecule has 1 aliphatic carbocycles. The largest absolute Gasteiger partial charge is 0.393 e. The van der Waals surface area contributed by atoms with Gasteiger partial charge in [-0.05, 0) is 43.4 Å². The zero-order valence-corrected chi connectivity index (χ0v) is 9.45. The summed E-state index contributed by atoms with van der Waals surface area (Å²) in [7, 11) is 1.68. The smallest absolute Gasteiger partial charge is 0.123 e. The third-order valence-electron chi connectivity index (χ3n) is 3.52. The minimum absolute atomic E-state index is 0.219. The molecule has 0 aliphatic heterocycles. The third kappa shape index (κ3) is 2.11. The molecule has 0 bridgehead atoms. The van der Waals surface area contributed by atoms with E-state index in [-0.39, 0.29) is 17.5 Å². The lowest BCUT2D eigenvalue weighted by atomic mass is 9.78. The zero-order chi connectivity index (χ0) is 11.6. The van der Waals surface area contributed by atoms with E-state index in [1.165, 1.54) is 12.1 Å². The Hall–Kier alpha value is -0.930. The van der Waals surface area contributed by atoms with Crippen LogP contribution in [-0.2, 0) is 10.3 Å². The molecule has 0 spiro atoms. The van der Waals surface area contributed by atoms with Crippen molar-refractivity contribution in [2.75, 3.05) is 7.11 Å². The van der Waals surface area contributed by atoms with Gasteiger partial charge < -0.3 is 9.84 Å². The number of rotatable bonds is 2. The number of aliphatic hydroxyl groups excluding tert-OH is 1. The van der Waals surface area contributed by atoms with E-state index in [0.717, 1.165) is 31.2 Å². The molecule has 1 saturated carbocycles. The van der Waals surface area contributed by atoms with E-state index in [1.807, 2.05) is 0 Å². The molecule has 2 nitrogen and oxygen atoms in total. The molecule has 1 aliphatic rings.